The van der Waals surface area contributed by atoms with Gasteiger partial charge in [-0.05, 0) is 18.2 Å². The highest BCUT2D eigenvalue weighted by Crippen LogP contribution is 2.24. The highest BCUT2D eigenvalue weighted by molar-refractivity contribution is 7.80. The fraction of sp³-hybridized carbons (Fsp3) is 0.200. The second-order valence-corrected chi connectivity index (χ2v) is 2.88. The lowest BCUT2D eigenvalue weighted by molar-refractivity contribution is 0.411. The van der Waals surface area contributed by atoms with Gasteiger partial charge in [-0.15, -0.1) is 0 Å². The van der Waals surface area contributed by atoms with E-state index in [1.165, 1.54) is 0 Å². The minimum absolute atomic E-state index is 0.236. The molecule has 1 aromatic carbocycles. The predicted molar refractivity (Wildman–Crippen MR) is 57.5 cm³/mol. The van der Waals surface area contributed by atoms with E-state index in [4.69, 9.17) is 4.74 Å². The van der Waals surface area contributed by atoms with Crippen molar-refractivity contribution in [2.75, 3.05) is 12.9 Å². The van der Waals surface area contributed by atoms with Gasteiger partial charge in [0.05, 0.1) is 7.11 Å². The van der Waals surface area contributed by atoms with E-state index in [2.05, 4.69) is 12.6 Å². The van der Waals surface area contributed by atoms with Crippen LogP contribution in [0.1, 0.15) is 5.56 Å². The number of hydrogen-bond donors (Lipinski definition) is 2. The number of hydrogen-bond acceptors (Lipinski definition) is 3. The Morgan fingerprint density at radius 1 is 1.54 bits per heavy atom. The van der Waals surface area contributed by atoms with Crippen molar-refractivity contribution >= 4 is 18.7 Å². The van der Waals surface area contributed by atoms with Crippen molar-refractivity contribution < 1.29 is 9.84 Å². The second kappa shape index (κ2) is 4.82. The van der Waals surface area contributed by atoms with E-state index in [0.717, 1.165) is 11.3 Å². The van der Waals surface area contributed by atoms with Crippen molar-refractivity contribution in [3.8, 4) is 11.5 Å². The highest BCUT2D eigenvalue weighted by atomic mass is 32.1. The summed E-state index contributed by atoms with van der Waals surface area (Å²) in [6.45, 7) is 0. The molecule has 0 aromatic heterocycles. The van der Waals surface area contributed by atoms with E-state index >= 15 is 0 Å². The Labute approximate surface area is 83.3 Å². The van der Waals surface area contributed by atoms with Gasteiger partial charge >= 0.3 is 0 Å². The lowest BCUT2D eigenvalue weighted by Gasteiger charge is -2.04. The summed E-state index contributed by atoms with van der Waals surface area (Å²) < 4.78 is 5.11. The molecule has 0 fully saturated rings. The summed E-state index contributed by atoms with van der Waals surface area (Å²) in [6.07, 6.45) is 3.76. The minimum Gasteiger partial charge on any atom is -0.508 e. The zero-order chi connectivity index (χ0) is 9.68. The van der Waals surface area contributed by atoms with Crippen LogP contribution < -0.4 is 4.74 Å². The Morgan fingerprint density at radius 2 is 2.31 bits per heavy atom. The van der Waals surface area contributed by atoms with Crippen molar-refractivity contribution in [2.24, 2.45) is 0 Å². The molecule has 0 spiro atoms. The molecule has 13 heavy (non-hydrogen) atoms. The summed E-state index contributed by atoms with van der Waals surface area (Å²) in [6, 6.07) is 4.98. The maximum Gasteiger partial charge on any atom is 0.126 e. The van der Waals surface area contributed by atoms with Gasteiger partial charge in [0.25, 0.3) is 0 Å². The smallest absolute Gasteiger partial charge is 0.126 e. The molecule has 70 valence electrons. The van der Waals surface area contributed by atoms with Gasteiger partial charge in [-0.25, -0.2) is 0 Å². The van der Waals surface area contributed by atoms with Gasteiger partial charge in [0.15, 0.2) is 0 Å². The Morgan fingerprint density at radius 3 is 2.92 bits per heavy atom. The third kappa shape index (κ3) is 2.70. The van der Waals surface area contributed by atoms with Crippen LogP contribution in [0.2, 0.25) is 0 Å². The van der Waals surface area contributed by atoms with Gasteiger partial charge in [0, 0.05) is 11.3 Å². The summed E-state index contributed by atoms with van der Waals surface area (Å²) >= 11 is 4.05. The largest absolute Gasteiger partial charge is 0.508 e. The zero-order valence-corrected chi connectivity index (χ0v) is 8.29. The maximum absolute atomic E-state index is 9.22. The van der Waals surface area contributed by atoms with Crippen molar-refractivity contribution in [3.63, 3.8) is 0 Å². The number of rotatable bonds is 3. The normalized spacial score (nSPS) is 10.6. The standard InChI is InChI=1S/C10H12O2S/c1-12-10-5-4-9(11)7-8(10)3-2-6-13/h2-5,7,11,13H,6H2,1H3. The summed E-state index contributed by atoms with van der Waals surface area (Å²) in [5, 5.41) is 9.22. The topological polar surface area (TPSA) is 29.5 Å². The molecular weight excluding hydrogens is 184 g/mol. The van der Waals surface area contributed by atoms with E-state index < -0.39 is 0 Å². The molecule has 0 amide bonds. The van der Waals surface area contributed by atoms with Crippen LogP contribution in [0, 0.1) is 0 Å². The maximum atomic E-state index is 9.22. The average Bonchev–Trinajstić information content (AvgIpc) is 2.15. The van der Waals surface area contributed by atoms with E-state index in [1.807, 2.05) is 12.2 Å². The Kier molecular flexibility index (Phi) is 3.71. The molecule has 1 aromatic rings. The fourth-order valence-electron chi connectivity index (χ4n) is 1.03. The van der Waals surface area contributed by atoms with Crippen molar-refractivity contribution in [3.05, 3.63) is 29.8 Å². The number of phenols is 1. The van der Waals surface area contributed by atoms with Crippen LogP contribution in [0.3, 0.4) is 0 Å². The molecule has 0 saturated heterocycles. The fourth-order valence-corrected chi connectivity index (χ4v) is 1.14. The Bertz CT molecular complexity index is 308. The van der Waals surface area contributed by atoms with Crippen LogP contribution in [0.25, 0.3) is 6.08 Å². The number of benzene rings is 1. The van der Waals surface area contributed by atoms with Crippen molar-refractivity contribution in [1.82, 2.24) is 0 Å². The summed E-state index contributed by atoms with van der Waals surface area (Å²) in [5.41, 5.74) is 0.858. The monoisotopic (exact) mass is 196 g/mol. The number of methoxy groups -OCH3 is 1. The summed E-state index contributed by atoms with van der Waals surface area (Å²) in [7, 11) is 1.60. The van der Waals surface area contributed by atoms with Crippen LogP contribution in [-0.2, 0) is 0 Å². The zero-order valence-electron chi connectivity index (χ0n) is 7.40. The SMILES string of the molecule is COc1ccc(O)cc1C=CCS. The molecule has 0 radical (unpaired) electrons. The average molecular weight is 196 g/mol. The van der Waals surface area contributed by atoms with Crippen LogP contribution in [0.4, 0.5) is 0 Å². The Hall–Kier alpha value is -1.09. The van der Waals surface area contributed by atoms with Gasteiger partial charge in [0.2, 0.25) is 0 Å². The first-order valence-corrected chi connectivity index (χ1v) is 4.55. The van der Waals surface area contributed by atoms with Gasteiger partial charge in [0.1, 0.15) is 11.5 Å². The molecule has 0 bridgehead atoms. The van der Waals surface area contributed by atoms with Crippen molar-refractivity contribution in [2.45, 2.75) is 0 Å². The predicted octanol–water partition coefficient (Wildman–Crippen LogP) is 2.34. The molecular formula is C10H12O2S. The van der Waals surface area contributed by atoms with Crippen molar-refractivity contribution in [1.29, 1.82) is 0 Å². The van der Waals surface area contributed by atoms with Gasteiger partial charge in [-0.3, -0.25) is 0 Å². The van der Waals surface area contributed by atoms with Gasteiger partial charge < -0.3 is 9.84 Å². The summed E-state index contributed by atoms with van der Waals surface area (Å²) in [4.78, 5) is 0. The van der Waals surface area contributed by atoms with Crippen LogP contribution >= 0.6 is 12.6 Å². The first-order chi connectivity index (χ1) is 6.27. The molecule has 2 nitrogen and oxygen atoms in total. The number of thiol groups is 1. The molecule has 0 aliphatic carbocycles. The number of ether oxygens (including phenoxy) is 1. The van der Waals surface area contributed by atoms with E-state index in [0.29, 0.717) is 5.75 Å². The molecule has 1 N–H and O–H groups in total. The van der Waals surface area contributed by atoms with E-state index in [9.17, 15) is 5.11 Å². The van der Waals surface area contributed by atoms with E-state index in [1.54, 1.807) is 25.3 Å². The molecule has 0 unspecified atom stereocenters. The molecule has 0 heterocycles. The van der Waals surface area contributed by atoms with Gasteiger partial charge in [-0.2, -0.15) is 12.6 Å². The lowest BCUT2D eigenvalue weighted by Crippen LogP contribution is -1.86. The number of phenolic OH excluding ortho intramolecular Hbond substituents is 1. The first-order valence-electron chi connectivity index (χ1n) is 3.92. The number of aromatic hydroxyl groups is 1. The molecule has 3 heteroatoms. The quantitative estimate of drug-likeness (QED) is 0.727. The van der Waals surface area contributed by atoms with Crippen LogP contribution in [0.5, 0.6) is 11.5 Å². The Balaban J connectivity index is 3.01. The highest BCUT2D eigenvalue weighted by Gasteiger charge is 1.99. The molecule has 0 saturated carbocycles. The molecule has 1 rings (SSSR count). The van der Waals surface area contributed by atoms with E-state index in [-0.39, 0.29) is 5.75 Å². The molecule has 0 aliphatic heterocycles. The lowest BCUT2D eigenvalue weighted by atomic mass is 10.2. The minimum atomic E-state index is 0.236. The first kappa shape index (κ1) is 9.99. The summed E-state index contributed by atoms with van der Waals surface area (Å²) in [5.74, 6) is 1.65. The second-order valence-electron chi connectivity index (χ2n) is 2.51. The van der Waals surface area contributed by atoms with Crippen LogP contribution in [0.15, 0.2) is 24.3 Å². The third-order valence-electron chi connectivity index (χ3n) is 1.62. The molecule has 0 aliphatic rings. The molecule has 0 atom stereocenters. The van der Waals surface area contributed by atoms with Crippen LogP contribution in [-0.4, -0.2) is 18.0 Å². The third-order valence-corrected chi connectivity index (χ3v) is 1.83. The van der Waals surface area contributed by atoms with Gasteiger partial charge in [-0.1, -0.05) is 12.2 Å².